The lowest BCUT2D eigenvalue weighted by molar-refractivity contribution is -0.143. The summed E-state index contributed by atoms with van der Waals surface area (Å²) < 4.78 is 5.47. The van der Waals surface area contributed by atoms with Crippen LogP contribution in [0.25, 0.3) is 0 Å². The second-order valence-electron chi connectivity index (χ2n) is 19.6. The number of aliphatic hydroxyl groups is 2. The van der Waals surface area contributed by atoms with Crippen molar-refractivity contribution >= 4 is 11.9 Å². The smallest absolute Gasteiger partial charge is 0.305 e. The molecule has 0 aliphatic carbocycles. The average molecular weight is 891 g/mol. The van der Waals surface area contributed by atoms with E-state index in [1.54, 1.807) is 6.08 Å². The van der Waals surface area contributed by atoms with E-state index in [-0.39, 0.29) is 18.5 Å². The van der Waals surface area contributed by atoms with Crippen LogP contribution in [0.5, 0.6) is 0 Å². The minimum absolute atomic E-state index is 0.0136. The third kappa shape index (κ3) is 49.9. The van der Waals surface area contributed by atoms with Gasteiger partial charge in [0.25, 0.3) is 0 Å². The molecule has 0 saturated heterocycles. The maximum atomic E-state index is 12.4. The first-order valence-corrected chi connectivity index (χ1v) is 28.5. The van der Waals surface area contributed by atoms with Crippen molar-refractivity contribution in [1.29, 1.82) is 0 Å². The number of amides is 1. The van der Waals surface area contributed by atoms with E-state index in [1.165, 1.54) is 250 Å². The van der Waals surface area contributed by atoms with E-state index in [2.05, 4.69) is 19.2 Å². The van der Waals surface area contributed by atoms with E-state index in [0.717, 1.165) is 38.5 Å². The monoisotopic (exact) mass is 890 g/mol. The summed E-state index contributed by atoms with van der Waals surface area (Å²) >= 11 is 0. The van der Waals surface area contributed by atoms with Crippen LogP contribution in [0.2, 0.25) is 0 Å². The zero-order valence-corrected chi connectivity index (χ0v) is 42.6. The molecule has 6 heteroatoms. The molecule has 6 nitrogen and oxygen atoms in total. The highest BCUT2D eigenvalue weighted by Gasteiger charge is 2.18. The van der Waals surface area contributed by atoms with E-state index < -0.39 is 12.1 Å². The summed E-state index contributed by atoms with van der Waals surface area (Å²) in [5.74, 6) is -0.0542. The number of carbonyl (C=O) groups excluding carboxylic acids is 2. The van der Waals surface area contributed by atoms with Crippen molar-refractivity contribution < 1.29 is 24.5 Å². The Morgan fingerprint density at radius 2 is 0.730 bits per heavy atom. The topological polar surface area (TPSA) is 95.9 Å². The third-order valence-electron chi connectivity index (χ3n) is 13.3. The normalized spacial score (nSPS) is 12.6. The van der Waals surface area contributed by atoms with Gasteiger partial charge in [-0.05, 0) is 32.1 Å². The lowest BCUT2D eigenvalue weighted by Gasteiger charge is -2.20. The lowest BCUT2D eigenvalue weighted by atomic mass is 10.0. The number of unbranched alkanes of at least 4 members (excludes halogenated alkanes) is 42. The van der Waals surface area contributed by atoms with Gasteiger partial charge in [0.1, 0.15) is 0 Å². The Hall–Kier alpha value is -1.40. The van der Waals surface area contributed by atoms with Crippen LogP contribution in [0, 0.1) is 0 Å². The van der Waals surface area contributed by atoms with Gasteiger partial charge in [0, 0.05) is 12.8 Å². The summed E-state index contributed by atoms with van der Waals surface area (Å²) in [5.41, 5.74) is 0. The Kier molecular flexibility index (Phi) is 52.0. The molecule has 0 aromatic heterocycles. The first-order chi connectivity index (χ1) is 31.0. The largest absolute Gasteiger partial charge is 0.466 e. The van der Waals surface area contributed by atoms with Gasteiger partial charge in [0.15, 0.2) is 0 Å². The summed E-state index contributed by atoms with van der Waals surface area (Å²) in [4.78, 5) is 24.4. The minimum Gasteiger partial charge on any atom is -0.466 e. The first kappa shape index (κ1) is 61.6. The first-order valence-electron chi connectivity index (χ1n) is 28.5. The lowest BCUT2D eigenvalue weighted by Crippen LogP contribution is -2.45. The van der Waals surface area contributed by atoms with Crippen LogP contribution in [0.15, 0.2) is 12.2 Å². The minimum atomic E-state index is -0.842. The second-order valence-corrected chi connectivity index (χ2v) is 19.6. The van der Waals surface area contributed by atoms with Crippen molar-refractivity contribution in [3.63, 3.8) is 0 Å². The van der Waals surface area contributed by atoms with Crippen LogP contribution in [0.3, 0.4) is 0 Å². The van der Waals surface area contributed by atoms with Crippen LogP contribution in [0.4, 0.5) is 0 Å². The molecule has 0 radical (unpaired) electrons. The summed E-state index contributed by atoms with van der Waals surface area (Å²) in [5, 5.41) is 23.0. The molecule has 0 heterocycles. The molecular formula is C57H111NO5. The quantitative estimate of drug-likeness (QED) is 0.0321. The van der Waals surface area contributed by atoms with Gasteiger partial charge in [-0.25, -0.2) is 0 Å². The summed E-state index contributed by atoms with van der Waals surface area (Å²) in [6.45, 7) is 4.91. The molecule has 2 atom stereocenters. The Morgan fingerprint density at radius 1 is 0.429 bits per heavy atom. The predicted molar refractivity (Wildman–Crippen MR) is 273 cm³/mol. The molecule has 0 aliphatic heterocycles. The molecular weight excluding hydrogens is 779 g/mol. The molecule has 63 heavy (non-hydrogen) atoms. The van der Waals surface area contributed by atoms with E-state index in [0.29, 0.717) is 19.4 Å². The van der Waals surface area contributed by atoms with Gasteiger partial charge < -0.3 is 20.3 Å². The number of esters is 1. The number of carbonyl (C=O) groups is 2. The van der Waals surface area contributed by atoms with Crippen LogP contribution in [-0.2, 0) is 14.3 Å². The average Bonchev–Trinajstić information content (AvgIpc) is 3.28. The summed E-state index contributed by atoms with van der Waals surface area (Å²) in [7, 11) is 0. The van der Waals surface area contributed by atoms with Crippen molar-refractivity contribution in [3.8, 4) is 0 Å². The number of ether oxygens (including phenoxy) is 1. The van der Waals surface area contributed by atoms with E-state index in [1.807, 2.05) is 6.08 Å². The van der Waals surface area contributed by atoms with E-state index in [9.17, 15) is 19.8 Å². The van der Waals surface area contributed by atoms with Crippen LogP contribution < -0.4 is 5.32 Å². The molecule has 0 spiro atoms. The zero-order valence-electron chi connectivity index (χ0n) is 42.6. The van der Waals surface area contributed by atoms with Gasteiger partial charge >= 0.3 is 5.97 Å². The molecule has 1 amide bonds. The highest BCUT2D eigenvalue weighted by atomic mass is 16.5. The maximum absolute atomic E-state index is 12.4. The Bertz CT molecular complexity index is 939. The molecule has 374 valence electrons. The molecule has 0 fully saturated rings. The molecule has 0 aliphatic rings. The van der Waals surface area contributed by atoms with Gasteiger partial charge in [-0.2, -0.15) is 0 Å². The SMILES string of the molecule is CCCCCCCCCCCC/C=C/C(O)C(CO)NC(=O)CCCCCCCCCCCCCCCCCCCCCCCCOC(=O)CCCCCCCCCCCCCC. The number of rotatable bonds is 53. The Morgan fingerprint density at radius 3 is 1.08 bits per heavy atom. The van der Waals surface area contributed by atoms with Gasteiger partial charge in [0.05, 0.1) is 25.4 Å². The molecule has 2 unspecified atom stereocenters. The van der Waals surface area contributed by atoms with Gasteiger partial charge in [-0.15, -0.1) is 0 Å². The van der Waals surface area contributed by atoms with Crippen molar-refractivity contribution in [2.45, 2.75) is 328 Å². The molecule has 0 aromatic carbocycles. The summed E-state index contributed by atoms with van der Waals surface area (Å²) in [6, 6.07) is -0.626. The number of aliphatic hydroxyl groups excluding tert-OH is 2. The van der Waals surface area contributed by atoms with E-state index >= 15 is 0 Å². The molecule has 0 bridgehead atoms. The van der Waals surface area contributed by atoms with Crippen molar-refractivity contribution in [2.24, 2.45) is 0 Å². The number of allylic oxidation sites excluding steroid dienone is 1. The Labute approximate surface area is 393 Å². The number of hydrogen-bond acceptors (Lipinski definition) is 5. The standard InChI is InChI=1S/C57H111NO5/c1-3-5-7-9-11-13-15-29-33-37-41-45-49-55(60)54(53-59)58-56(61)50-46-42-38-34-30-27-25-23-21-19-17-18-20-22-24-26-28-32-36-40-44-48-52-63-57(62)51-47-43-39-35-31-16-14-12-10-8-6-4-2/h45,49,54-55,59-60H,3-44,46-48,50-53H2,1-2H3,(H,58,61)/b49-45+. The highest BCUT2D eigenvalue weighted by molar-refractivity contribution is 5.76. The van der Waals surface area contributed by atoms with Crippen molar-refractivity contribution in [3.05, 3.63) is 12.2 Å². The zero-order chi connectivity index (χ0) is 45.8. The van der Waals surface area contributed by atoms with Crippen molar-refractivity contribution in [1.82, 2.24) is 5.32 Å². The van der Waals surface area contributed by atoms with Gasteiger partial charge in [-0.1, -0.05) is 283 Å². The molecule has 0 saturated carbocycles. The second kappa shape index (κ2) is 53.2. The molecule has 0 aromatic rings. The van der Waals surface area contributed by atoms with Gasteiger partial charge in [-0.3, -0.25) is 9.59 Å². The van der Waals surface area contributed by atoms with Crippen LogP contribution >= 0.6 is 0 Å². The van der Waals surface area contributed by atoms with Crippen molar-refractivity contribution in [2.75, 3.05) is 13.2 Å². The fraction of sp³-hybridized carbons (Fsp3) is 0.930. The molecule has 3 N–H and O–H groups in total. The summed E-state index contributed by atoms with van der Waals surface area (Å²) in [6.07, 6.45) is 62.4. The van der Waals surface area contributed by atoms with E-state index in [4.69, 9.17) is 4.74 Å². The highest BCUT2D eigenvalue weighted by Crippen LogP contribution is 2.17. The predicted octanol–water partition coefficient (Wildman–Crippen LogP) is 17.3. The number of hydrogen-bond donors (Lipinski definition) is 3. The fourth-order valence-corrected chi connectivity index (χ4v) is 8.93. The molecule has 0 rings (SSSR count). The fourth-order valence-electron chi connectivity index (χ4n) is 8.93. The van der Waals surface area contributed by atoms with Gasteiger partial charge in [0.2, 0.25) is 5.91 Å². The van der Waals surface area contributed by atoms with Crippen LogP contribution in [-0.4, -0.2) is 47.4 Å². The maximum Gasteiger partial charge on any atom is 0.305 e. The van der Waals surface area contributed by atoms with Crippen LogP contribution in [0.1, 0.15) is 316 Å². The number of nitrogens with one attached hydrogen (secondary N) is 1. The Balaban J connectivity index is 3.38. The third-order valence-corrected chi connectivity index (χ3v) is 13.3.